The van der Waals surface area contributed by atoms with E-state index in [0.717, 1.165) is 49.8 Å². The van der Waals surface area contributed by atoms with Gasteiger partial charge < -0.3 is 14.4 Å². The highest BCUT2D eigenvalue weighted by Crippen LogP contribution is 2.55. The van der Waals surface area contributed by atoms with Gasteiger partial charge in [-0.3, -0.25) is 4.98 Å². The van der Waals surface area contributed by atoms with E-state index in [1.807, 2.05) is 6.07 Å². The van der Waals surface area contributed by atoms with Crippen molar-refractivity contribution in [3.8, 4) is 17.3 Å². The van der Waals surface area contributed by atoms with E-state index in [9.17, 15) is 10.4 Å². The van der Waals surface area contributed by atoms with Gasteiger partial charge in [0, 0.05) is 23.2 Å². The summed E-state index contributed by atoms with van der Waals surface area (Å²) in [7, 11) is 0. The average Bonchev–Trinajstić information content (AvgIpc) is 3.60. The lowest BCUT2D eigenvalue weighted by Gasteiger charge is -2.42. The normalized spacial score (nSPS) is 27.7. The van der Waals surface area contributed by atoms with E-state index < -0.39 is 5.60 Å². The van der Waals surface area contributed by atoms with Crippen LogP contribution in [0.15, 0.2) is 41.1 Å². The molecule has 0 aliphatic heterocycles. The Labute approximate surface area is 213 Å². The van der Waals surface area contributed by atoms with Crippen LogP contribution in [-0.2, 0) is 16.9 Å². The summed E-state index contributed by atoms with van der Waals surface area (Å²) in [4.78, 5) is 4.45. The second-order valence-corrected chi connectivity index (χ2v) is 10.8. The van der Waals surface area contributed by atoms with Gasteiger partial charge in [-0.2, -0.15) is 5.26 Å². The number of fused-ring (bicyclic) bond motifs is 2. The van der Waals surface area contributed by atoms with Crippen LogP contribution in [0.25, 0.3) is 11.3 Å². The number of nitriles is 1. The van der Waals surface area contributed by atoms with Gasteiger partial charge >= 0.3 is 0 Å². The molecule has 2 heterocycles. The van der Waals surface area contributed by atoms with Crippen molar-refractivity contribution in [1.29, 1.82) is 5.26 Å². The molecule has 180 valence electrons. The number of aliphatic hydroxyl groups is 1. The molecule has 6 nitrogen and oxygen atoms in total. The standard InChI is InChI=1S/C27H25Cl2N3O3/c28-21-2-1-3-22(29)24(21)25-20(26(35-32-25)16-4-5-16)14-34-19-11-17-6-7-18(12-19)27(17,33)23-10-15(13-30)8-9-31-23/h1-3,8-10,16-19,33H,4-7,11-12,14H2. The van der Waals surface area contributed by atoms with Crippen molar-refractivity contribution in [3.63, 3.8) is 0 Å². The highest BCUT2D eigenvalue weighted by atomic mass is 35.5. The topological polar surface area (TPSA) is 92.2 Å². The molecule has 1 N–H and O–H groups in total. The van der Waals surface area contributed by atoms with Gasteiger partial charge in [0.2, 0.25) is 0 Å². The van der Waals surface area contributed by atoms with Gasteiger partial charge in [0.05, 0.1) is 40.1 Å². The molecule has 2 atom stereocenters. The quantitative estimate of drug-likeness (QED) is 0.414. The van der Waals surface area contributed by atoms with Gasteiger partial charge in [0.15, 0.2) is 0 Å². The van der Waals surface area contributed by atoms with E-state index in [1.54, 1.807) is 30.5 Å². The van der Waals surface area contributed by atoms with Crippen molar-refractivity contribution >= 4 is 23.2 Å². The number of pyridine rings is 1. The van der Waals surface area contributed by atoms with Crippen LogP contribution in [0, 0.1) is 23.2 Å². The fraction of sp³-hybridized carbons (Fsp3) is 0.444. The molecule has 3 saturated carbocycles. The zero-order chi connectivity index (χ0) is 24.2. The predicted octanol–water partition coefficient (Wildman–Crippen LogP) is 6.39. The SMILES string of the molecule is N#Cc1ccnc(C2(O)C3CCC2CC(OCc2c(-c4c(Cl)cccc4Cl)noc2C2CC2)C3)c1. The van der Waals surface area contributed by atoms with Gasteiger partial charge in [-0.1, -0.05) is 34.4 Å². The summed E-state index contributed by atoms with van der Waals surface area (Å²) in [5.74, 6) is 1.30. The summed E-state index contributed by atoms with van der Waals surface area (Å²) in [6, 6.07) is 11.0. The number of nitrogens with zero attached hydrogens (tertiary/aromatic N) is 3. The second kappa shape index (κ2) is 8.90. The van der Waals surface area contributed by atoms with Gasteiger partial charge in [0.25, 0.3) is 0 Å². The molecule has 3 aliphatic carbocycles. The lowest BCUT2D eigenvalue weighted by molar-refractivity contribution is -0.118. The van der Waals surface area contributed by atoms with Crippen molar-refractivity contribution in [1.82, 2.24) is 10.1 Å². The molecule has 2 bridgehead atoms. The highest BCUT2D eigenvalue weighted by molar-refractivity contribution is 6.39. The minimum absolute atomic E-state index is 0.00319. The minimum Gasteiger partial charge on any atom is -0.383 e. The summed E-state index contributed by atoms with van der Waals surface area (Å²) < 4.78 is 12.2. The first kappa shape index (κ1) is 23.0. The smallest absolute Gasteiger partial charge is 0.145 e. The molecule has 0 radical (unpaired) electrons. The molecule has 8 heteroatoms. The minimum atomic E-state index is -1.01. The monoisotopic (exact) mass is 509 g/mol. The van der Waals surface area contributed by atoms with Crippen LogP contribution in [-0.4, -0.2) is 21.4 Å². The van der Waals surface area contributed by atoms with E-state index in [-0.39, 0.29) is 17.9 Å². The molecule has 0 saturated heterocycles. The fourth-order valence-corrected chi connectivity index (χ4v) is 6.60. The molecule has 3 aliphatic rings. The third-order valence-corrected chi connectivity index (χ3v) is 8.56. The second-order valence-electron chi connectivity index (χ2n) is 9.99. The lowest BCUT2D eigenvalue weighted by atomic mass is 9.71. The number of aromatic nitrogens is 2. The van der Waals surface area contributed by atoms with E-state index in [2.05, 4.69) is 16.2 Å². The fourth-order valence-electron chi connectivity index (χ4n) is 6.02. The molecule has 2 aromatic heterocycles. The van der Waals surface area contributed by atoms with Crippen LogP contribution in [0.1, 0.15) is 67.0 Å². The largest absolute Gasteiger partial charge is 0.383 e. The summed E-state index contributed by atoms with van der Waals surface area (Å²) >= 11 is 13.0. The van der Waals surface area contributed by atoms with Crippen LogP contribution < -0.4 is 0 Å². The molecule has 35 heavy (non-hydrogen) atoms. The Balaban J connectivity index is 1.23. The Morgan fingerprint density at radius 3 is 2.49 bits per heavy atom. The van der Waals surface area contributed by atoms with E-state index in [4.69, 9.17) is 32.5 Å². The molecule has 3 aromatic rings. The van der Waals surface area contributed by atoms with Gasteiger partial charge in [0.1, 0.15) is 17.1 Å². The number of ether oxygens (including phenoxy) is 1. The predicted molar refractivity (Wildman–Crippen MR) is 131 cm³/mol. The van der Waals surface area contributed by atoms with Gasteiger partial charge in [-0.15, -0.1) is 0 Å². The molecular weight excluding hydrogens is 485 g/mol. The lowest BCUT2D eigenvalue weighted by Crippen LogP contribution is -2.45. The Hall–Kier alpha value is -2.43. The summed E-state index contributed by atoms with van der Waals surface area (Å²) in [5.41, 5.74) is 2.35. The van der Waals surface area contributed by atoms with Crippen molar-refractivity contribution in [3.05, 3.63) is 69.2 Å². The van der Waals surface area contributed by atoms with Gasteiger partial charge in [-0.05, 0) is 74.6 Å². The van der Waals surface area contributed by atoms with Crippen LogP contribution >= 0.6 is 23.2 Å². The van der Waals surface area contributed by atoms with Crippen LogP contribution in [0.2, 0.25) is 10.0 Å². The van der Waals surface area contributed by atoms with E-state index in [1.165, 1.54) is 0 Å². The van der Waals surface area contributed by atoms with Crippen LogP contribution in [0.4, 0.5) is 0 Å². The molecule has 0 amide bonds. The Kier molecular flexibility index (Phi) is 5.85. The number of halogens is 2. The first-order valence-corrected chi connectivity index (χ1v) is 12.9. The molecule has 1 aromatic carbocycles. The van der Waals surface area contributed by atoms with E-state index >= 15 is 0 Å². The average molecular weight is 510 g/mol. The third-order valence-electron chi connectivity index (χ3n) is 7.93. The molecule has 2 unspecified atom stereocenters. The molecule has 0 spiro atoms. The summed E-state index contributed by atoms with van der Waals surface area (Å²) in [6.45, 7) is 0.358. The summed E-state index contributed by atoms with van der Waals surface area (Å²) in [6.07, 6.45) is 7.07. The first-order valence-electron chi connectivity index (χ1n) is 12.1. The van der Waals surface area contributed by atoms with Gasteiger partial charge in [-0.25, -0.2) is 0 Å². The Morgan fingerprint density at radius 2 is 1.83 bits per heavy atom. The van der Waals surface area contributed by atoms with Crippen molar-refractivity contribution in [2.75, 3.05) is 0 Å². The third kappa shape index (κ3) is 3.95. The Morgan fingerprint density at radius 1 is 1.11 bits per heavy atom. The maximum absolute atomic E-state index is 11.7. The summed E-state index contributed by atoms with van der Waals surface area (Å²) in [5, 5.41) is 26.4. The zero-order valence-electron chi connectivity index (χ0n) is 19.1. The number of benzene rings is 1. The van der Waals surface area contributed by atoms with Crippen molar-refractivity contribution < 1.29 is 14.4 Å². The van der Waals surface area contributed by atoms with Crippen LogP contribution in [0.3, 0.4) is 0 Å². The maximum Gasteiger partial charge on any atom is 0.145 e. The Bertz CT molecular complexity index is 1280. The van der Waals surface area contributed by atoms with E-state index in [0.29, 0.717) is 45.1 Å². The molecular formula is C27H25Cl2N3O3. The van der Waals surface area contributed by atoms with Crippen molar-refractivity contribution in [2.45, 2.75) is 62.8 Å². The molecule has 3 fully saturated rings. The number of hydrogen-bond acceptors (Lipinski definition) is 6. The number of rotatable bonds is 6. The first-order chi connectivity index (χ1) is 17.0. The van der Waals surface area contributed by atoms with Crippen LogP contribution in [0.5, 0.6) is 0 Å². The molecule has 6 rings (SSSR count). The zero-order valence-corrected chi connectivity index (χ0v) is 20.6. The van der Waals surface area contributed by atoms with Crippen molar-refractivity contribution in [2.24, 2.45) is 11.8 Å². The highest BCUT2D eigenvalue weighted by Gasteiger charge is 2.55. The maximum atomic E-state index is 11.7. The number of hydrogen-bond donors (Lipinski definition) is 1.